The first kappa shape index (κ1) is 18.8. The van der Waals surface area contributed by atoms with Crippen molar-refractivity contribution in [3.05, 3.63) is 22.7 Å². The lowest BCUT2D eigenvalue weighted by Gasteiger charge is -2.35. The number of benzene rings is 1. The van der Waals surface area contributed by atoms with Gasteiger partial charge in [0.05, 0.1) is 30.8 Å². The van der Waals surface area contributed by atoms with Crippen molar-refractivity contribution in [3.63, 3.8) is 0 Å². The lowest BCUT2D eigenvalue weighted by Crippen LogP contribution is -2.50. The maximum Gasteiger partial charge on any atom is 0.227 e. The van der Waals surface area contributed by atoms with Crippen molar-refractivity contribution in [2.24, 2.45) is 0 Å². The highest BCUT2D eigenvalue weighted by atomic mass is 35.5. The van der Waals surface area contributed by atoms with E-state index in [1.54, 1.807) is 0 Å². The Balaban J connectivity index is 1.32. The van der Waals surface area contributed by atoms with Gasteiger partial charge in [-0.1, -0.05) is 11.6 Å². The Kier molecular flexibility index (Phi) is 6.05. The quantitative estimate of drug-likeness (QED) is 0.784. The molecule has 1 amide bonds. The summed E-state index contributed by atoms with van der Waals surface area (Å²) in [7, 11) is 0. The Morgan fingerprint density at radius 3 is 2.67 bits per heavy atom. The van der Waals surface area contributed by atoms with E-state index in [9.17, 15) is 4.79 Å². The van der Waals surface area contributed by atoms with Gasteiger partial charge in [-0.15, -0.1) is 0 Å². The smallest absolute Gasteiger partial charge is 0.227 e. The molecule has 7 heteroatoms. The lowest BCUT2D eigenvalue weighted by atomic mass is 10.1. The van der Waals surface area contributed by atoms with Crippen LogP contribution in [-0.4, -0.2) is 74.4 Å². The summed E-state index contributed by atoms with van der Waals surface area (Å²) in [5.74, 6) is 1.37. The minimum atomic E-state index is 0.136. The average Bonchev–Trinajstić information content (AvgIpc) is 3.05. The number of hydrogen-bond acceptors (Lipinski definition) is 5. The fraction of sp³-hybridized carbons (Fsp3) is 0.650. The second kappa shape index (κ2) is 8.67. The van der Waals surface area contributed by atoms with Crippen molar-refractivity contribution in [2.75, 3.05) is 52.5 Å². The van der Waals surface area contributed by atoms with Gasteiger partial charge in [0.25, 0.3) is 0 Å². The summed E-state index contributed by atoms with van der Waals surface area (Å²) in [6, 6.07) is 3.71. The summed E-state index contributed by atoms with van der Waals surface area (Å²) in [5.41, 5.74) is 0.871. The number of carbonyl (C=O) groups excluding carboxylic acids is 1. The van der Waals surface area contributed by atoms with Gasteiger partial charge in [0.1, 0.15) is 0 Å². The summed E-state index contributed by atoms with van der Waals surface area (Å²) in [6.07, 6.45) is 3.86. The fourth-order valence-corrected chi connectivity index (χ4v) is 4.22. The van der Waals surface area contributed by atoms with Crippen molar-refractivity contribution in [2.45, 2.75) is 31.8 Å². The van der Waals surface area contributed by atoms with Gasteiger partial charge >= 0.3 is 0 Å². The largest absolute Gasteiger partial charge is 0.489 e. The van der Waals surface area contributed by atoms with Crippen LogP contribution >= 0.6 is 11.6 Å². The first-order valence-corrected chi connectivity index (χ1v) is 10.3. The molecule has 0 bridgehead atoms. The average molecular weight is 395 g/mol. The van der Waals surface area contributed by atoms with Gasteiger partial charge < -0.3 is 19.1 Å². The summed E-state index contributed by atoms with van der Waals surface area (Å²) < 4.78 is 17.1. The molecule has 1 unspecified atom stereocenters. The zero-order valence-corrected chi connectivity index (χ0v) is 16.4. The Labute approximate surface area is 165 Å². The van der Waals surface area contributed by atoms with Crippen LogP contribution in [0.1, 0.15) is 24.8 Å². The number of ether oxygens (including phenoxy) is 3. The molecule has 6 nitrogen and oxygen atoms in total. The predicted octanol–water partition coefficient (Wildman–Crippen LogP) is 2.37. The molecule has 1 aromatic rings. The monoisotopic (exact) mass is 394 g/mol. The van der Waals surface area contributed by atoms with Crippen LogP contribution in [0.15, 0.2) is 12.1 Å². The number of hydrogen-bond donors (Lipinski definition) is 0. The first-order valence-electron chi connectivity index (χ1n) is 9.89. The van der Waals surface area contributed by atoms with E-state index in [-0.39, 0.29) is 5.91 Å². The van der Waals surface area contributed by atoms with Crippen molar-refractivity contribution in [3.8, 4) is 11.5 Å². The molecule has 1 atom stereocenters. The molecule has 0 N–H and O–H groups in total. The maximum atomic E-state index is 12.7. The third-order valence-electron chi connectivity index (χ3n) is 5.43. The minimum Gasteiger partial charge on any atom is -0.489 e. The molecule has 0 aliphatic carbocycles. The molecule has 3 heterocycles. The Bertz CT molecular complexity index is 670. The van der Waals surface area contributed by atoms with Crippen LogP contribution in [0, 0.1) is 0 Å². The number of nitrogens with zero attached hydrogens (tertiary/aromatic N) is 2. The molecule has 0 spiro atoms. The van der Waals surface area contributed by atoms with Gasteiger partial charge in [0, 0.05) is 45.8 Å². The van der Waals surface area contributed by atoms with E-state index in [1.165, 1.54) is 6.42 Å². The molecule has 2 fully saturated rings. The van der Waals surface area contributed by atoms with Crippen molar-refractivity contribution in [1.29, 1.82) is 0 Å². The minimum absolute atomic E-state index is 0.136. The van der Waals surface area contributed by atoms with E-state index in [0.717, 1.165) is 57.7 Å². The SMILES string of the molecule is O=C(Cc1cc(Cl)c2c(c1)OCCCO2)N1CCN(CC2CCCO2)CC1. The van der Waals surface area contributed by atoms with E-state index in [1.807, 2.05) is 17.0 Å². The molecule has 27 heavy (non-hydrogen) atoms. The van der Waals surface area contributed by atoms with Crippen LogP contribution in [0.4, 0.5) is 0 Å². The second-order valence-electron chi connectivity index (χ2n) is 7.45. The van der Waals surface area contributed by atoms with Gasteiger partial charge in [-0.25, -0.2) is 0 Å². The van der Waals surface area contributed by atoms with Crippen molar-refractivity contribution in [1.82, 2.24) is 9.80 Å². The topological polar surface area (TPSA) is 51.2 Å². The van der Waals surface area contributed by atoms with Crippen molar-refractivity contribution < 1.29 is 19.0 Å². The van der Waals surface area contributed by atoms with Gasteiger partial charge in [-0.3, -0.25) is 9.69 Å². The highest BCUT2D eigenvalue weighted by molar-refractivity contribution is 6.32. The predicted molar refractivity (Wildman–Crippen MR) is 103 cm³/mol. The number of rotatable bonds is 4. The van der Waals surface area contributed by atoms with Crippen LogP contribution in [-0.2, 0) is 16.0 Å². The van der Waals surface area contributed by atoms with Crippen LogP contribution in [0.3, 0.4) is 0 Å². The van der Waals surface area contributed by atoms with Crippen LogP contribution in [0.5, 0.6) is 11.5 Å². The molecule has 3 aliphatic heterocycles. The molecule has 2 saturated heterocycles. The Morgan fingerprint density at radius 1 is 1.07 bits per heavy atom. The normalized spacial score (nSPS) is 23.3. The van der Waals surface area contributed by atoms with Crippen LogP contribution < -0.4 is 9.47 Å². The molecule has 0 saturated carbocycles. The van der Waals surface area contributed by atoms with E-state index in [2.05, 4.69) is 4.90 Å². The zero-order valence-electron chi connectivity index (χ0n) is 15.6. The van der Waals surface area contributed by atoms with E-state index >= 15 is 0 Å². The number of fused-ring (bicyclic) bond motifs is 1. The van der Waals surface area contributed by atoms with Crippen molar-refractivity contribution >= 4 is 17.5 Å². The highest BCUT2D eigenvalue weighted by Gasteiger charge is 2.25. The highest BCUT2D eigenvalue weighted by Crippen LogP contribution is 2.38. The third-order valence-corrected chi connectivity index (χ3v) is 5.71. The standard InChI is InChI=1S/C20H27ClN2O4/c21-17-11-15(12-18-20(17)27-10-2-9-26-18)13-19(24)23-6-4-22(5-7-23)14-16-3-1-8-25-16/h11-12,16H,1-10,13-14H2. The number of carbonyl (C=O) groups is 1. The molecule has 1 aromatic carbocycles. The molecular formula is C20H27ClN2O4. The summed E-state index contributed by atoms with van der Waals surface area (Å²) in [5, 5.41) is 0.513. The first-order chi connectivity index (χ1) is 13.2. The molecule has 0 aromatic heterocycles. The summed E-state index contributed by atoms with van der Waals surface area (Å²) >= 11 is 6.34. The van der Waals surface area contributed by atoms with E-state index in [0.29, 0.717) is 42.3 Å². The molecule has 0 radical (unpaired) electrons. The van der Waals surface area contributed by atoms with E-state index in [4.69, 9.17) is 25.8 Å². The van der Waals surface area contributed by atoms with E-state index < -0.39 is 0 Å². The molecule has 148 valence electrons. The lowest BCUT2D eigenvalue weighted by molar-refractivity contribution is -0.132. The summed E-state index contributed by atoms with van der Waals surface area (Å²) in [4.78, 5) is 17.1. The van der Waals surface area contributed by atoms with Gasteiger partial charge in [-0.05, 0) is 30.5 Å². The summed E-state index contributed by atoms with van der Waals surface area (Å²) in [6.45, 7) is 6.43. The molecule has 3 aliphatic rings. The third kappa shape index (κ3) is 4.68. The van der Waals surface area contributed by atoms with Gasteiger partial charge in [0.15, 0.2) is 11.5 Å². The van der Waals surface area contributed by atoms with Gasteiger partial charge in [0.2, 0.25) is 5.91 Å². The second-order valence-corrected chi connectivity index (χ2v) is 7.86. The Hall–Kier alpha value is -1.50. The van der Waals surface area contributed by atoms with Gasteiger partial charge in [-0.2, -0.15) is 0 Å². The molecule has 4 rings (SSSR count). The fourth-order valence-electron chi connectivity index (χ4n) is 3.93. The zero-order chi connectivity index (χ0) is 18.6. The maximum absolute atomic E-state index is 12.7. The number of piperazine rings is 1. The molecular weight excluding hydrogens is 368 g/mol. The van der Waals surface area contributed by atoms with Crippen LogP contribution in [0.25, 0.3) is 0 Å². The Morgan fingerprint density at radius 2 is 1.89 bits per heavy atom. The van der Waals surface area contributed by atoms with Crippen LogP contribution in [0.2, 0.25) is 5.02 Å². The number of halogens is 1. The number of amides is 1.